The fourth-order valence-corrected chi connectivity index (χ4v) is 6.04. The molecule has 0 aliphatic carbocycles. The molecule has 0 fully saturated rings. The van der Waals surface area contributed by atoms with Crippen LogP contribution in [0, 0.1) is 6.92 Å². The summed E-state index contributed by atoms with van der Waals surface area (Å²) in [5, 5.41) is 20.4. The number of ketones is 1. The van der Waals surface area contributed by atoms with E-state index in [2.05, 4.69) is 10.2 Å². The second-order valence-electron chi connectivity index (χ2n) is 8.76. The lowest BCUT2D eigenvalue weighted by Gasteiger charge is -2.24. The number of anilines is 1. The number of nitrogens with zero attached hydrogens (tertiary/aromatic N) is 3. The van der Waals surface area contributed by atoms with Crippen molar-refractivity contribution in [3.63, 3.8) is 0 Å². The maximum absolute atomic E-state index is 13.5. The van der Waals surface area contributed by atoms with Gasteiger partial charge in [-0.25, -0.2) is 0 Å². The van der Waals surface area contributed by atoms with Gasteiger partial charge < -0.3 is 14.3 Å². The number of hydrogen-bond donors (Lipinski definition) is 1. The van der Waals surface area contributed by atoms with Gasteiger partial charge in [-0.3, -0.25) is 14.5 Å². The van der Waals surface area contributed by atoms with Crippen molar-refractivity contribution in [1.82, 2.24) is 10.2 Å². The van der Waals surface area contributed by atoms with Crippen LogP contribution in [0.5, 0.6) is 5.75 Å². The van der Waals surface area contributed by atoms with Gasteiger partial charge >= 0.3 is 0 Å². The second-order valence-corrected chi connectivity index (χ2v) is 11.4. The van der Waals surface area contributed by atoms with Gasteiger partial charge in [-0.1, -0.05) is 65.9 Å². The highest BCUT2D eigenvalue weighted by Gasteiger charge is 2.46. The first-order valence-corrected chi connectivity index (χ1v) is 14.3. The monoisotopic (exact) mass is 581 g/mol. The summed E-state index contributed by atoms with van der Waals surface area (Å²) >= 11 is 8.64. The molecule has 39 heavy (non-hydrogen) atoms. The topological polar surface area (TPSA) is 106 Å². The number of hydrogen-bond acceptors (Lipinski definition) is 9. The van der Waals surface area contributed by atoms with Crippen LogP contribution in [0.3, 0.4) is 0 Å². The van der Waals surface area contributed by atoms with E-state index in [-0.39, 0.29) is 16.5 Å². The highest BCUT2D eigenvalue weighted by atomic mass is 35.5. The number of carbonyl (C=O) groups excluding carboxylic acids is 2. The number of carbonyl (C=O) groups is 2. The number of halogens is 1. The Hall–Kier alpha value is -3.60. The first-order chi connectivity index (χ1) is 18.9. The van der Waals surface area contributed by atoms with Gasteiger partial charge in [0, 0.05) is 10.8 Å². The zero-order chi connectivity index (χ0) is 27.5. The molecule has 8 nitrogen and oxygen atoms in total. The maximum atomic E-state index is 13.5. The number of amides is 1. The first-order valence-electron chi connectivity index (χ1n) is 12.2. The van der Waals surface area contributed by atoms with Gasteiger partial charge in [-0.2, -0.15) is 0 Å². The van der Waals surface area contributed by atoms with Crippen LogP contribution >= 0.6 is 34.7 Å². The molecule has 3 heterocycles. The number of Topliss-reactive ketones (excluding diaryl/α,β-unsaturated/α-hetero) is 1. The van der Waals surface area contributed by atoms with E-state index >= 15 is 0 Å². The van der Waals surface area contributed by atoms with Crippen molar-refractivity contribution in [2.24, 2.45) is 0 Å². The molecule has 2 aromatic carbocycles. The Bertz CT molecular complexity index is 1530. The van der Waals surface area contributed by atoms with Crippen LogP contribution in [0.1, 0.15) is 46.8 Å². The van der Waals surface area contributed by atoms with Crippen molar-refractivity contribution in [2.45, 2.75) is 36.4 Å². The van der Waals surface area contributed by atoms with Gasteiger partial charge in [0.15, 0.2) is 15.9 Å². The zero-order valence-corrected chi connectivity index (χ0v) is 23.5. The highest BCUT2D eigenvalue weighted by molar-refractivity contribution is 8.00. The molecule has 0 spiro atoms. The van der Waals surface area contributed by atoms with E-state index in [1.165, 1.54) is 34.1 Å². The molecule has 1 N–H and O–H groups in total. The van der Waals surface area contributed by atoms with E-state index in [0.717, 1.165) is 12.0 Å². The van der Waals surface area contributed by atoms with Gasteiger partial charge in [0.1, 0.15) is 11.5 Å². The molecule has 1 aliphatic heterocycles. The molecule has 200 valence electrons. The smallest absolute Gasteiger partial charge is 0.296 e. The minimum Gasteiger partial charge on any atom is -0.503 e. The Morgan fingerprint density at radius 1 is 1.13 bits per heavy atom. The molecule has 2 aromatic heterocycles. The molecule has 1 unspecified atom stereocenters. The zero-order valence-electron chi connectivity index (χ0n) is 21.1. The normalized spacial score (nSPS) is 15.3. The van der Waals surface area contributed by atoms with Crippen LogP contribution in [0.15, 0.2) is 80.8 Å². The number of aryl methyl sites for hydroxylation is 1. The molecular weight excluding hydrogens is 558 g/mol. The van der Waals surface area contributed by atoms with Gasteiger partial charge in [-0.05, 0) is 60.9 Å². The Morgan fingerprint density at radius 3 is 2.54 bits per heavy atom. The van der Waals surface area contributed by atoms with Crippen molar-refractivity contribution in [3.8, 4) is 5.75 Å². The molecule has 1 atom stereocenters. The highest BCUT2D eigenvalue weighted by Crippen LogP contribution is 2.44. The van der Waals surface area contributed by atoms with Gasteiger partial charge in [-0.15, -0.1) is 10.2 Å². The molecule has 0 radical (unpaired) electrons. The van der Waals surface area contributed by atoms with Crippen LogP contribution in [0.4, 0.5) is 5.13 Å². The number of aromatic nitrogens is 2. The van der Waals surface area contributed by atoms with Crippen LogP contribution < -0.4 is 9.64 Å². The summed E-state index contributed by atoms with van der Waals surface area (Å²) in [6.45, 7) is 4.30. The molecule has 11 heteroatoms. The van der Waals surface area contributed by atoms with Gasteiger partial charge in [0.05, 0.1) is 18.2 Å². The first kappa shape index (κ1) is 27.0. The SMILES string of the molecule is CCCOc1ccc(C2C(C(=O)c3ccc(C)o3)=C(O)C(=O)N2c2nnc(SCc3ccc(Cl)cc3)s2)cc1. The predicted molar refractivity (Wildman–Crippen MR) is 151 cm³/mol. The van der Waals surface area contributed by atoms with E-state index < -0.39 is 23.5 Å². The third kappa shape index (κ3) is 5.73. The molecule has 0 saturated carbocycles. The number of aliphatic hydroxyl groups excluding tert-OH is 1. The number of rotatable bonds is 10. The van der Waals surface area contributed by atoms with Crippen molar-refractivity contribution in [3.05, 3.63) is 99.7 Å². The Balaban J connectivity index is 1.47. The van der Waals surface area contributed by atoms with Crippen molar-refractivity contribution in [1.29, 1.82) is 0 Å². The van der Waals surface area contributed by atoms with Crippen LogP contribution in [-0.4, -0.2) is 33.6 Å². The maximum Gasteiger partial charge on any atom is 0.296 e. The largest absolute Gasteiger partial charge is 0.503 e. The summed E-state index contributed by atoms with van der Waals surface area (Å²) in [5.41, 5.74) is 1.58. The minimum atomic E-state index is -0.933. The van der Waals surface area contributed by atoms with E-state index in [1.54, 1.807) is 37.3 Å². The third-order valence-corrected chi connectivity index (χ3v) is 8.34. The van der Waals surface area contributed by atoms with E-state index in [1.807, 2.05) is 31.2 Å². The summed E-state index contributed by atoms with van der Waals surface area (Å²) in [5.74, 6) is -0.0777. The van der Waals surface area contributed by atoms with Gasteiger partial charge in [0.25, 0.3) is 5.91 Å². The average Bonchev–Trinajstić information content (AvgIpc) is 3.65. The predicted octanol–water partition coefficient (Wildman–Crippen LogP) is 6.96. The number of thioether (sulfide) groups is 1. The van der Waals surface area contributed by atoms with Crippen molar-refractivity contribution < 1.29 is 23.8 Å². The average molecular weight is 582 g/mol. The molecule has 0 bridgehead atoms. The Labute approximate surface area is 238 Å². The molecule has 1 amide bonds. The summed E-state index contributed by atoms with van der Waals surface area (Å²) in [6, 6.07) is 16.8. The molecule has 0 saturated heterocycles. The summed E-state index contributed by atoms with van der Waals surface area (Å²) in [6.07, 6.45) is 0.861. The number of ether oxygens (including phenoxy) is 1. The molecule has 5 rings (SSSR count). The fraction of sp³-hybridized carbons (Fsp3) is 0.214. The number of aliphatic hydroxyl groups is 1. The van der Waals surface area contributed by atoms with Gasteiger partial charge in [0.2, 0.25) is 10.9 Å². The third-order valence-electron chi connectivity index (χ3n) is 5.96. The van der Waals surface area contributed by atoms with E-state index in [0.29, 0.717) is 38.8 Å². The second kappa shape index (κ2) is 11.6. The Morgan fingerprint density at radius 2 is 1.87 bits per heavy atom. The summed E-state index contributed by atoms with van der Waals surface area (Å²) < 4.78 is 11.9. The lowest BCUT2D eigenvalue weighted by atomic mass is 9.95. The van der Waals surface area contributed by atoms with Crippen LogP contribution in [-0.2, 0) is 10.5 Å². The van der Waals surface area contributed by atoms with Crippen molar-refractivity contribution in [2.75, 3.05) is 11.5 Å². The minimum absolute atomic E-state index is 0.0353. The summed E-state index contributed by atoms with van der Waals surface area (Å²) in [7, 11) is 0. The standard InChI is InChI=1S/C28H24ClN3O5S2/c1-3-14-36-20-11-7-18(8-12-20)23-22(24(33)21-13-4-16(2)37-21)25(34)26(35)32(23)27-30-31-28(39-27)38-15-17-5-9-19(29)10-6-17/h4-13,23,34H,3,14-15H2,1-2H3. The van der Waals surface area contributed by atoms with Crippen LogP contribution in [0.2, 0.25) is 5.02 Å². The summed E-state index contributed by atoms with van der Waals surface area (Å²) in [4.78, 5) is 28.2. The fourth-order valence-electron chi connectivity index (χ4n) is 4.09. The Kier molecular flexibility index (Phi) is 8.06. The van der Waals surface area contributed by atoms with E-state index in [9.17, 15) is 14.7 Å². The quantitative estimate of drug-likeness (QED) is 0.122. The van der Waals surface area contributed by atoms with Crippen molar-refractivity contribution >= 4 is 51.5 Å². The number of furan rings is 1. The lowest BCUT2D eigenvalue weighted by Crippen LogP contribution is -2.31. The van der Waals surface area contributed by atoms with E-state index in [4.69, 9.17) is 20.8 Å². The molecule has 1 aliphatic rings. The van der Waals surface area contributed by atoms with Crippen LogP contribution in [0.25, 0.3) is 0 Å². The molecule has 4 aromatic rings. The lowest BCUT2D eigenvalue weighted by molar-refractivity contribution is -0.117. The molecular formula is C28H24ClN3O5S2. The number of benzene rings is 2.